The third kappa shape index (κ3) is 2.35. The van der Waals surface area contributed by atoms with Crippen molar-refractivity contribution in [2.24, 2.45) is 5.84 Å². The molecule has 0 saturated heterocycles. The summed E-state index contributed by atoms with van der Waals surface area (Å²) in [5, 5.41) is 0. The van der Waals surface area contributed by atoms with Crippen molar-refractivity contribution < 1.29 is 9.53 Å². The van der Waals surface area contributed by atoms with Crippen molar-refractivity contribution >= 4 is 6.03 Å². The van der Waals surface area contributed by atoms with Gasteiger partial charge in [0.05, 0.1) is 6.61 Å². The summed E-state index contributed by atoms with van der Waals surface area (Å²) in [5.41, 5.74) is 2.13. The first-order valence-corrected chi connectivity index (χ1v) is 4.05. The van der Waals surface area contributed by atoms with Crippen molar-refractivity contribution in [3.8, 4) is 0 Å². The van der Waals surface area contributed by atoms with E-state index in [1.54, 1.807) is 12.0 Å². The van der Waals surface area contributed by atoms with Crippen LogP contribution in [0.15, 0.2) is 0 Å². The number of ether oxygens (including phenoxy) is 1. The standard InChI is InChI=1S/C7H15N3O2/c1-12-5-4-10(6-2-3-6)7(11)9-8/h6H,2-5,8H2,1H3,(H,9,11). The van der Waals surface area contributed by atoms with E-state index in [-0.39, 0.29) is 6.03 Å². The lowest BCUT2D eigenvalue weighted by atomic mass is 10.5. The summed E-state index contributed by atoms with van der Waals surface area (Å²) >= 11 is 0. The first kappa shape index (κ1) is 9.28. The minimum atomic E-state index is -0.213. The van der Waals surface area contributed by atoms with E-state index in [4.69, 9.17) is 10.6 Å². The third-order valence-corrected chi connectivity index (χ3v) is 1.91. The average molecular weight is 173 g/mol. The van der Waals surface area contributed by atoms with E-state index in [0.717, 1.165) is 12.8 Å². The highest BCUT2D eigenvalue weighted by Gasteiger charge is 2.31. The van der Waals surface area contributed by atoms with Gasteiger partial charge in [-0.25, -0.2) is 10.6 Å². The Hall–Kier alpha value is -0.810. The summed E-state index contributed by atoms with van der Waals surface area (Å²) in [6, 6.07) is 0.165. The van der Waals surface area contributed by atoms with Crippen molar-refractivity contribution in [3.63, 3.8) is 0 Å². The van der Waals surface area contributed by atoms with Crippen LogP contribution in [0.25, 0.3) is 0 Å². The third-order valence-electron chi connectivity index (χ3n) is 1.91. The van der Waals surface area contributed by atoms with Crippen LogP contribution in [0.2, 0.25) is 0 Å². The van der Waals surface area contributed by atoms with E-state index < -0.39 is 0 Å². The smallest absolute Gasteiger partial charge is 0.331 e. The van der Waals surface area contributed by atoms with Crippen LogP contribution in [-0.2, 0) is 4.74 Å². The number of nitrogens with one attached hydrogen (secondary N) is 1. The Bertz CT molecular complexity index is 159. The maximum absolute atomic E-state index is 11.1. The Morgan fingerprint density at radius 2 is 2.42 bits per heavy atom. The number of amides is 2. The van der Waals surface area contributed by atoms with Crippen molar-refractivity contribution in [2.45, 2.75) is 18.9 Å². The molecule has 0 atom stereocenters. The Balaban J connectivity index is 2.32. The summed E-state index contributed by atoms with van der Waals surface area (Å²) in [6.45, 7) is 1.17. The van der Waals surface area contributed by atoms with Gasteiger partial charge in [-0.1, -0.05) is 0 Å². The minimum Gasteiger partial charge on any atom is -0.383 e. The minimum absolute atomic E-state index is 0.213. The number of carbonyl (C=O) groups excluding carboxylic acids is 1. The van der Waals surface area contributed by atoms with Gasteiger partial charge in [0.15, 0.2) is 0 Å². The highest BCUT2D eigenvalue weighted by Crippen LogP contribution is 2.26. The molecule has 5 heteroatoms. The molecule has 2 amide bonds. The first-order chi connectivity index (χ1) is 5.79. The summed E-state index contributed by atoms with van der Waals surface area (Å²) in [6.07, 6.45) is 2.16. The van der Waals surface area contributed by atoms with Gasteiger partial charge in [0.1, 0.15) is 0 Å². The zero-order valence-electron chi connectivity index (χ0n) is 7.25. The number of urea groups is 1. The topological polar surface area (TPSA) is 67.6 Å². The first-order valence-electron chi connectivity index (χ1n) is 4.05. The van der Waals surface area contributed by atoms with Crippen LogP contribution in [0.1, 0.15) is 12.8 Å². The average Bonchev–Trinajstić information content (AvgIpc) is 2.88. The number of carbonyl (C=O) groups is 1. The molecule has 1 rings (SSSR count). The molecule has 0 radical (unpaired) electrons. The maximum Gasteiger partial charge on any atom is 0.331 e. The van der Waals surface area contributed by atoms with E-state index >= 15 is 0 Å². The number of rotatable bonds is 4. The fourth-order valence-electron chi connectivity index (χ4n) is 1.11. The molecule has 1 saturated carbocycles. The van der Waals surface area contributed by atoms with Gasteiger partial charge in [0.25, 0.3) is 0 Å². The normalized spacial score (nSPS) is 15.8. The second-order valence-corrected chi connectivity index (χ2v) is 2.87. The number of nitrogens with zero attached hydrogens (tertiary/aromatic N) is 1. The van der Waals surface area contributed by atoms with Gasteiger partial charge in [0.2, 0.25) is 0 Å². The summed E-state index contributed by atoms with van der Waals surface area (Å²) < 4.78 is 4.88. The molecule has 5 nitrogen and oxygen atoms in total. The fraction of sp³-hybridized carbons (Fsp3) is 0.857. The lowest BCUT2D eigenvalue weighted by Gasteiger charge is -2.20. The van der Waals surface area contributed by atoms with Gasteiger partial charge in [-0.15, -0.1) is 0 Å². The van der Waals surface area contributed by atoms with Crippen molar-refractivity contribution in [1.29, 1.82) is 0 Å². The van der Waals surface area contributed by atoms with Crippen molar-refractivity contribution in [1.82, 2.24) is 10.3 Å². The predicted molar refractivity (Wildman–Crippen MR) is 44.3 cm³/mol. The number of hydrogen-bond donors (Lipinski definition) is 2. The zero-order chi connectivity index (χ0) is 8.97. The van der Waals surface area contributed by atoms with Gasteiger partial charge in [-0.3, -0.25) is 5.43 Å². The van der Waals surface area contributed by atoms with Gasteiger partial charge in [-0.05, 0) is 12.8 Å². The van der Waals surface area contributed by atoms with Crippen LogP contribution < -0.4 is 11.3 Å². The molecular weight excluding hydrogens is 158 g/mol. The highest BCUT2D eigenvalue weighted by atomic mass is 16.5. The summed E-state index contributed by atoms with van der Waals surface area (Å²) in [5.74, 6) is 5.03. The summed E-state index contributed by atoms with van der Waals surface area (Å²) in [4.78, 5) is 12.8. The molecule has 0 aliphatic heterocycles. The number of hydrogen-bond acceptors (Lipinski definition) is 3. The predicted octanol–water partition coefficient (Wildman–Crippen LogP) is -0.319. The molecule has 0 spiro atoms. The zero-order valence-corrected chi connectivity index (χ0v) is 7.25. The molecule has 12 heavy (non-hydrogen) atoms. The molecule has 70 valence electrons. The Morgan fingerprint density at radius 3 is 2.83 bits per heavy atom. The van der Waals surface area contributed by atoms with Crippen LogP contribution >= 0.6 is 0 Å². The molecular formula is C7H15N3O2. The SMILES string of the molecule is COCCN(C(=O)NN)C1CC1. The molecule has 0 aromatic carbocycles. The Morgan fingerprint density at radius 1 is 1.75 bits per heavy atom. The van der Waals surface area contributed by atoms with Crippen LogP contribution in [-0.4, -0.2) is 37.2 Å². The van der Waals surface area contributed by atoms with E-state index in [9.17, 15) is 4.79 Å². The largest absolute Gasteiger partial charge is 0.383 e. The van der Waals surface area contributed by atoms with Crippen LogP contribution in [0, 0.1) is 0 Å². The monoisotopic (exact) mass is 173 g/mol. The molecule has 0 bridgehead atoms. The van der Waals surface area contributed by atoms with Gasteiger partial charge >= 0.3 is 6.03 Å². The van der Waals surface area contributed by atoms with Crippen molar-refractivity contribution in [3.05, 3.63) is 0 Å². The number of hydrazine groups is 1. The lowest BCUT2D eigenvalue weighted by Crippen LogP contribution is -2.45. The molecule has 0 aromatic heterocycles. The molecule has 0 aromatic rings. The highest BCUT2D eigenvalue weighted by molar-refractivity contribution is 5.74. The van der Waals surface area contributed by atoms with Crippen molar-refractivity contribution in [2.75, 3.05) is 20.3 Å². The van der Waals surface area contributed by atoms with E-state index in [2.05, 4.69) is 5.43 Å². The lowest BCUT2D eigenvalue weighted by molar-refractivity contribution is 0.146. The second-order valence-electron chi connectivity index (χ2n) is 2.87. The van der Waals surface area contributed by atoms with E-state index in [1.807, 2.05) is 0 Å². The Labute approximate surface area is 71.8 Å². The van der Waals surface area contributed by atoms with E-state index in [1.165, 1.54) is 0 Å². The Kier molecular flexibility index (Phi) is 3.31. The number of nitrogens with two attached hydrogens (primary N) is 1. The van der Waals surface area contributed by atoms with Gasteiger partial charge in [-0.2, -0.15) is 0 Å². The van der Waals surface area contributed by atoms with E-state index in [0.29, 0.717) is 19.2 Å². The number of methoxy groups -OCH3 is 1. The van der Waals surface area contributed by atoms with Crippen LogP contribution in [0.4, 0.5) is 4.79 Å². The second kappa shape index (κ2) is 4.27. The van der Waals surface area contributed by atoms with Crippen LogP contribution in [0.5, 0.6) is 0 Å². The quantitative estimate of drug-likeness (QED) is 0.348. The molecule has 1 fully saturated rings. The molecule has 1 aliphatic carbocycles. The summed E-state index contributed by atoms with van der Waals surface area (Å²) in [7, 11) is 1.62. The molecule has 3 N–H and O–H groups in total. The van der Waals surface area contributed by atoms with Gasteiger partial charge < -0.3 is 9.64 Å². The van der Waals surface area contributed by atoms with Gasteiger partial charge in [0, 0.05) is 19.7 Å². The molecule has 0 unspecified atom stereocenters. The van der Waals surface area contributed by atoms with Crippen LogP contribution in [0.3, 0.4) is 0 Å². The fourth-order valence-corrected chi connectivity index (χ4v) is 1.11. The molecule has 1 aliphatic rings. The molecule has 0 heterocycles. The maximum atomic E-state index is 11.1.